The number of hydrogen-bond donors (Lipinski definition) is 0. The Labute approximate surface area is 128 Å². The van der Waals surface area contributed by atoms with Gasteiger partial charge in [-0.2, -0.15) is 0 Å². The van der Waals surface area contributed by atoms with E-state index in [0.29, 0.717) is 0 Å². The third kappa shape index (κ3) is 2.90. The van der Waals surface area contributed by atoms with Crippen molar-refractivity contribution in [1.82, 2.24) is 14.7 Å². The summed E-state index contributed by atoms with van der Waals surface area (Å²) in [4.78, 5) is 7.18. The summed E-state index contributed by atoms with van der Waals surface area (Å²) in [5.41, 5.74) is 0.212. The molecule has 0 bridgehead atoms. The molecule has 0 aliphatic rings. The topological polar surface area (TPSA) is 9.72 Å². The van der Waals surface area contributed by atoms with Crippen molar-refractivity contribution in [2.24, 2.45) is 0 Å². The fraction of sp³-hybridized carbons (Fsp3) is 1.00. The monoisotopic (exact) mass is 285 g/mol. The Morgan fingerprint density at radius 1 is 0.400 bits per heavy atom. The minimum absolute atomic E-state index is 0.0350. The lowest BCUT2D eigenvalue weighted by Crippen LogP contribution is -2.72. The molecule has 0 fully saturated rings. The van der Waals surface area contributed by atoms with Crippen LogP contribution in [0.15, 0.2) is 0 Å². The van der Waals surface area contributed by atoms with Crippen LogP contribution in [0.5, 0.6) is 0 Å². The Bertz CT molecular complexity index is 293. The molecule has 0 aromatic heterocycles. The average Bonchev–Trinajstić information content (AvgIpc) is 2.26. The zero-order valence-electron chi connectivity index (χ0n) is 16.3. The molecule has 0 atom stereocenters. The first-order chi connectivity index (χ1) is 8.54. The zero-order valence-corrected chi connectivity index (χ0v) is 16.3. The summed E-state index contributed by atoms with van der Waals surface area (Å²) >= 11 is 0. The van der Waals surface area contributed by atoms with Crippen LogP contribution < -0.4 is 0 Å². The van der Waals surface area contributed by atoms with E-state index in [0.717, 1.165) is 0 Å². The molecule has 3 nitrogen and oxygen atoms in total. The Morgan fingerprint density at radius 2 is 0.600 bits per heavy atom. The zero-order chi connectivity index (χ0) is 16.7. The Balaban J connectivity index is 5.70. The summed E-state index contributed by atoms with van der Waals surface area (Å²) < 4.78 is 0. The number of rotatable bonds is 6. The molecule has 0 spiro atoms. The molecule has 0 saturated heterocycles. The standard InChI is InChI=1S/C17H39N3/c1-14(2,18(9)10)16(5,6)20(13)17(7,8)15(3,4)19(11)12/h1-13H3. The summed E-state index contributed by atoms with van der Waals surface area (Å²) in [6, 6.07) is 0. The van der Waals surface area contributed by atoms with Crippen molar-refractivity contribution >= 4 is 0 Å². The van der Waals surface area contributed by atoms with E-state index < -0.39 is 0 Å². The molecule has 20 heavy (non-hydrogen) atoms. The summed E-state index contributed by atoms with van der Waals surface area (Å²) in [5.74, 6) is 0. The highest BCUT2D eigenvalue weighted by Gasteiger charge is 2.51. The lowest BCUT2D eigenvalue weighted by Gasteiger charge is -2.61. The van der Waals surface area contributed by atoms with Crippen molar-refractivity contribution in [2.45, 2.75) is 77.5 Å². The lowest BCUT2D eigenvalue weighted by molar-refractivity contribution is -0.0966. The quantitative estimate of drug-likeness (QED) is 0.742. The normalized spacial score (nSPS) is 15.6. The predicted molar refractivity (Wildman–Crippen MR) is 91.5 cm³/mol. The Kier molecular flexibility index (Phi) is 5.55. The van der Waals surface area contributed by atoms with E-state index in [-0.39, 0.29) is 22.2 Å². The van der Waals surface area contributed by atoms with Crippen molar-refractivity contribution in [3.8, 4) is 0 Å². The summed E-state index contributed by atoms with van der Waals surface area (Å²) in [6.07, 6.45) is 0. The van der Waals surface area contributed by atoms with Gasteiger partial charge in [0, 0.05) is 22.2 Å². The molecule has 0 radical (unpaired) electrons. The first-order valence-electron chi connectivity index (χ1n) is 7.63. The highest BCUT2D eigenvalue weighted by atomic mass is 15.3. The maximum atomic E-state index is 2.54. The highest BCUT2D eigenvalue weighted by Crippen LogP contribution is 2.40. The number of hydrogen-bond acceptors (Lipinski definition) is 3. The van der Waals surface area contributed by atoms with Gasteiger partial charge in [-0.05, 0) is 90.6 Å². The van der Waals surface area contributed by atoms with Gasteiger partial charge in [-0.15, -0.1) is 0 Å². The minimum atomic E-state index is 0.0350. The molecule has 0 aromatic carbocycles. The fourth-order valence-electron chi connectivity index (χ4n) is 2.61. The van der Waals surface area contributed by atoms with Gasteiger partial charge in [0.2, 0.25) is 0 Å². The molecule has 0 N–H and O–H groups in total. The molecular formula is C17H39N3. The van der Waals surface area contributed by atoms with Crippen molar-refractivity contribution in [1.29, 1.82) is 0 Å². The predicted octanol–water partition coefficient (Wildman–Crippen LogP) is 3.16. The molecular weight excluding hydrogens is 246 g/mol. The first-order valence-corrected chi connectivity index (χ1v) is 7.63. The van der Waals surface area contributed by atoms with Crippen LogP contribution in [0.3, 0.4) is 0 Å². The fourth-order valence-corrected chi connectivity index (χ4v) is 2.61. The van der Waals surface area contributed by atoms with Crippen molar-refractivity contribution < 1.29 is 0 Å². The van der Waals surface area contributed by atoms with Crippen LogP contribution in [0.1, 0.15) is 55.4 Å². The molecule has 0 aromatic rings. The van der Waals surface area contributed by atoms with Gasteiger partial charge >= 0.3 is 0 Å². The minimum Gasteiger partial charge on any atom is -0.302 e. The van der Waals surface area contributed by atoms with Gasteiger partial charge in [0.1, 0.15) is 0 Å². The van der Waals surface area contributed by atoms with Crippen molar-refractivity contribution in [3.05, 3.63) is 0 Å². The van der Waals surface area contributed by atoms with Crippen LogP contribution in [-0.2, 0) is 0 Å². The van der Waals surface area contributed by atoms with Gasteiger partial charge in [0.25, 0.3) is 0 Å². The van der Waals surface area contributed by atoms with Crippen molar-refractivity contribution in [3.63, 3.8) is 0 Å². The van der Waals surface area contributed by atoms with E-state index >= 15 is 0 Å². The summed E-state index contributed by atoms with van der Waals surface area (Å²) in [7, 11) is 10.9. The lowest BCUT2D eigenvalue weighted by atomic mass is 9.73. The maximum Gasteiger partial charge on any atom is 0.0334 e. The molecule has 0 aliphatic heterocycles. The Morgan fingerprint density at radius 3 is 0.750 bits per heavy atom. The van der Waals surface area contributed by atoms with Crippen LogP contribution in [0.25, 0.3) is 0 Å². The second kappa shape index (κ2) is 5.58. The van der Waals surface area contributed by atoms with Gasteiger partial charge in [0.05, 0.1) is 0 Å². The van der Waals surface area contributed by atoms with Gasteiger partial charge in [-0.25, -0.2) is 0 Å². The highest BCUT2D eigenvalue weighted by molar-refractivity contribution is 5.09. The average molecular weight is 286 g/mol. The van der Waals surface area contributed by atoms with Crippen LogP contribution in [-0.4, -0.2) is 72.1 Å². The van der Waals surface area contributed by atoms with Gasteiger partial charge < -0.3 is 9.80 Å². The van der Waals surface area contributed by atoms with Crippen molar-refractivity contribution in [2.75, 3.05) is 35.2 Å². The molecule has 0 rings (SSSR count). The third-order valence-electron chi connectivity index (χ3n) is 6.91. The van der Waals surface area contributed by atoms with Crippen LogP contribution >= 0.6 is 0 Å². The molecule has 3 heteroatoms. The van der Waals surface area contributed by atoms with E-state index in [1.165, 1.54) is 0 Å². The Hall–Kier alpha value is -0.120. The van der Waals surface area contributed by atoms with E-state index in [1.54, 1.807) is 0 Å². The molecule has 0 saturated carbocycles. The van der Waals surface area contributed by atoms with Gasteiger partial charge in [-0.3, -0.25) is 4.90 Å². The molecule has 0 unspecified atom stereocenters. The molecule has 0 amide bonds. The second-order valence-corrected chi connectivity index (χ2v) is 8.58. The SMILES string of the molecule is CN(C)C(C)(C)C(C)(C)N(C)C(C)(C)C(C)(C)N(C)C. The van der Waals surface area contributed by atoms with E-state index in [4.69, 9.17) is 0 Å². The maximum absolute atomic E-state index is 2.54. The third-order valence-corrected chi connectivity index (χ3v) is 6.91. The smallest absolute Gasteiger partial charge is 0.0334 e. The van der Waals surface area contributed by atoms with Crippen LogP contribution in [0.4, 0.5) is 0 Å². The van der Waals surface area contributed by atoms with E-state index in [9.17, 15) is 0 Å². The van der Waals surface area contributed by atoms with Gasteiger partial charge in [-0.1, -0.05) is 0 Å². The second-order valence-electron chi connectivity index (χ2n) is 8.58. The van der Waals surface area contributed by atoms with Gasteiger partial charge in [0.15, 0.2) is 0 Å². The molecule has 122 valence electrons. The summed E-state index contributed by atoms with van der Waals surface area (Å²) in [6.45, 7) is 18.7. The van der Waals surface area contributed by atoms with E-state index in [2.05, 4.69) is 105 Å². The first kappa shape index (κ1) is 19.9. The van der Waals surface area contributed by atoms with Crippen LogP contribution in [0, 0.1) is 0 Å². The largest absolute Gasteiger partial charge is 0.302 e. The summed E-state index contributed by atoms with van der Waals surface area (Å²) in [5, 5.41) is 0. The molecule has 0 heterocycles. The number of nitrogens with zero attached hydrogens (tertiary/aromatic N) is 3. The number of likely N-dealkylation sites (N-methyl/N-ethyl adjacent to an activating group) is 3. The van der Waals surface area contributed by atoms with Crippen LogP contribution in [0.2, 0.25) is 0 Å². The molecule has 0 aliphatic carbocycles. The van der Waals surface area contributed by atoms with E-state index in [1.807, 2.05) is 0 Å².